The minimum Gasteiger partial charge on any atom is -0.348 e. The Labute approximate surface area is 114 Å². The van der Waals surface area contributed by atoms with E-state index in [0.717, 1.165) is 11.8 Å². The lowest BCUT2D eigenvalue weighted by Gasteiger charge is -2.41. The molecule has 1 aromatic heterocycles. The van der Waals surface area contributed by atoms with E-state index in [1.165, 1.54) is 48.8 Å². The van der Waals surface area contributed by atoms with Crippen molar-refractivity contribution in [2.24, 2.45) is 11.8 Å². The molecule has 2 aliphatic rings. The third kappa shape index (κ3) is 2.41. The monoisotopic (exact) mass is 265 g/mol. The molecule has 2 heterocycles. The Morgan fingerprint density at radius 2 is 2.11 bits per heavy atom. The predicted octanol–water partition coefficient (Wildman–Crippen LogP) is 3.05. The van der Waals surface area contributed by atoms with Crippen LogP contribution in [0.1, 0.15) is 43.5 Å². The van der Waals surface area contributed by atoms with Crippen LogP contribution in [-0.4, -0.2) is 25.1 Å². The van der Waals surface area contributed by atoms with Crippen LogP contribution in [0.15, 0.2) is 6.20 Å². The zero-order valence-corrected chi connectivity index (χ0v) is 12.2. The van der Waals surface area contributed by atoms with Crippen molar-refractivity contribution >= 4 is 16.5 Å². The van der Waals surface area contributed by atoms with Crippen molar-refractivity contribution < 1.29 is 0 Å². The first kappa shape index (κ1) is 12.4. The molecule has 0 spiro atoms. The Bertz CT molecular complexity index is 391. The molecule has 1 aliphatic carbocycles. The molecule has 1 saturated carbocycles. The van der Waals surface area contributed by atoms with Crippen molar-refractivity contribution in [1.82, 2.24) is 10.3 Å². The van der Waals surface area contributed by atoms with Gasteiger partial charge >= 0.3 is 0 Å². The zero-order valence-electron chi connectivity index (χ0n) is 11.4. The lowest BCUT2D eigenvalue weighted by atomic mass is 9.78. The van der Waals surface area contributed by atoms with Gasteiger partial charge in [0.25, 0.3) is 0 Å². The van der Waals surface area contributed by atoms with Gasteiger partial charge in [0.1, 0.15) is 0 Å². The van der Waals surface area contributed by atoms with E-state index in [1.807, 2.05) is 24.6 Å². The molecule has 3 nitrogen and oxygen atoms in total. The average molecular weight is 265 g/mol. The van der Waals surface area contributed by atoms with Gasteiger partial charge in [-0.15, -0.1) is 11.3 Å². The summed E-state index contributed by atoms with van der Waals surface area (Å²) < 4.78 is 0. The van der Waals surface area contributed by atoms with E-state index in [2.05, 4.69) is 22.1 Å². The lowest BCUT2D eigenvalue weighted by molar-refractivity contribution is 0.231. The summed E-state index contributed by atoms with van der Waals surface area (Å²) in [5.41, 5.74) is 0. The quantitative estimate of drug-likeness (QED) is 0.910. The molecular formula is C14H23N3S. The molecule has 1 aliphatic heterocycles. The second-order valence-corrected chi connectivity index (χ2v) is 6.90. The van der Waals surface area contributed by atoms with Crippen molar-refractivity contribution in [2.75, 3.05) is 25.0 Å². The minimum absolute atomic E-state index is 0.417. The van der Waals surface area contributed by atoms with Crippen LogP contribution in [0.5, 0.6) is 0 Å². The van der Waals surface area contributed by atoms with Crippen LogP contribution in [0.4, 0.5) is 5.13 Å². The van der Waals surface area contributed by atoms with Gasteiger partial charge < -0.3 is 10.2 Å². The summed E-state index contributed by atoms with van der Waals surface area (Å²) >= 11 is 1.86. The Hall–Kier alpha value is -0.610. The van der Waals surface area contributed by atoms with E-state index in [1.54, 1.807) is 0 Å². The Balaban J connectivity index is 1.72. The molecule has 0 amide bonds. The summed E-state index contributed by atoms with van der Waals surface area (Å²) in [5.74, 6) is 1.85. The standard InChI is InChI=1S/C14H23N3S/c1-10(15-2)13-7-16-14(18-13)17-8-11-4-3-5-12(6-11)9-17/h7,10-12,15H,3-6,8-9H2,1-2H3. The zero-order chi connectivity index (χ0) is 12.5. The molecule has 18 heavy (non-hydrogen) atoms. The Morgan fingerprint density at radius 1 is 1.39 bits per heavy atom. The third-order valence-corrected chi connectivity index (χ3v) is 5.73. The van der Waals surface area contributed by atoms with Gasteiger partial charge in [-0.1, -0.05) is 6.42 Å². The van der Waals surface area contributed by atoms with Gasteiger partial charge in [0, 0.05) is 30.2 Å². The summed E-state index contributed by atoms with van der Waals surface area (Å²) in [6.45, 7) is 4.66. The van der Waals surface area contributed by atoms with Crippen LogP contribution in [0.2, 0.25) is 0 Å². The summed E-state index contributed by atoms with van der Waals surface area (Å²) in [6, 6.07) is 0.417. The van der Waals surface area contributed by atoms with Crippen molar-refractivity contribution in [2.45, 2.75) is 38.6 Å². The highest BCUT2D eigenvalue weighted by Gasteiger charge is 2.31. The number of nitrogens with zero attached hydrogens (tertiary/aromatic N) is 2. The maximum Gasteiger partial charge on any atom is 0.185 e. The number of thiazole rings is 1. The fraction of sp³-hybridized carbons (Fsp3) is 0.786. The second kappa shape index (κ2) is 5.17. The van der Waals surface area contributed by atoms with E-state index in [4.69, 9.17) is 0 Å². The van der Waals surface area contributed by atoms with Crippen LogP contribution in [-0.2, 0) is 0 Å². The summed E-state index contributed by atoms with van der Waals surface area (Å²) in [5, 5.41) is 4.53. The van der Waals surface area contributed by atoms with Gasteiger partial charge in [-0.2, -0.15) is 0 Å². The first-order chi connectivity index (χ1) is 8.76. The summed E-state index contributed by atoms with van der Waals surface area (Å²) in [4.78, 5) is 8.53. The summed E-state index contributed by atoms with van der Waals surface area (Å²) in [7, 11) is 2.01. The molecule has 1 saturated heterocycles. The number of rotatable bonds is 3. The Kier molecular flexibility index (Phi) is 3.57. The first-order valence-corrected chi connectivity index (χ1v) is 7.96. The third-order valence-electron chi connectivity index (χ3n) is 4.49. The number of piperidine rings is 1. The van der Waals surface area contributed by atoms with E-state index in [0.29, 0.717) is 6.04 Å². The molecule has 0 radical (unpaired) electrons. The number of hydrogen-bond acceptors (Lipinski definition) is 4. The number of hydrogen-bond donors (Lipinski definition) is 1. The SMILES string of the molecule is CNC(C)c1cnc(N2CC3CCCC(C3)C2)s1. The van der Waals surface area contributed by atoms with Crippen molar-refractivity contribution in [3.63, 3.8) is 0 Å². The van der Waals surface area contributed by atoms with Gasteiger partial charge in [0.2, 0.25) is 0 Å². The number of aromatic nitrogens is 1. The van der Waals surface area contributed by atoms with Crippen LogP contribution < -0.4 is 10.2 Å². The van der Waals surface area contributed by atoms with Crippen LogP contribution in [0.3, 0.4) is 0 Å². The largest absolute Gasteiger partial charge is 0.348 e. The molecule has 3 atom stereocenters. The van der Waals surface area contributed by atoms with Gasteiger partial charge in [-0.3, -0.25) is 0 Å². The van der Waals surface area contributed by atoms with Gasteiger partial charge in [0.15, 0.2) is 5.13 Å². The summed E-state index contributed by atoms with van der Waals surface area (Å²) in [6.07, 6.45) is 7.81. The molecule has 1 N–H and O–H groups in total. The molecule has 0 aromatic carbocycles. The first-order valence-electron chi connectivity index (χ1n) is 7.14. The number of nitrogens with one attached hydrogen (secondary N) is 1. The van der Waals surface area contributed by atoms with E-state index < -0.39 is 0 Å². The highest BCUT2D eigenvalue weighted by molar-refractivity contribution is 7.15. The Morgan fingerprint density at radius 3 is 2.78 bits per heavy atom. The topological polar surface area (TPSA) is 28.2 Å². The molecule has 2 fully saturated rings. The second-order valence-electron chi connectivity index (χ2n) is 5.86. The van der Waals surface area contributed by atoms with Gasteiger partial charge in [-0.25, -0.2) is 4.98 Å². The van der Waals surface area contributed by atoms with Crippen molar-refractivity contribution in [3.05, 3.63) is 11.1 Å². The molecule has 3 unspecified atom stereocenters. The van der Waals surface area contributed by atoms with Crippen molar-refractivity contribution in [1.29, 1.82) is 0 Å². The smallest absolute Gasteiger partial charge is 0.185 e. The molecular weight excluding hydrogens is 242 g/mol. The maximum absolute atomic E-state index is 4.64. The average Bonchev–Trinajstić information content (AvgIpc) is 2.87. The minimum atomic E-state index is 0.417. The van der Waals surface area contributed by atoms with E-state index in [9.17, 15) is 0 Å². The highest BCUT2D eigenvalue weighted by atomic mass is 32.1. The van der Waals surface area contributed by atoms with Crippen LogP contribution >= 0.6 is 11.3 Å². The van der Waals surface area contributed by atoms with Gasteiger partial charge in [0.05, 0.1) is 0 Å². The predicted molar refractivity (Wildman–Crippen MR) is 77.2 cm³/mol. The van der Waals surface area contributed by atoms with E-state index in [-0.39, 0.29) is 0 Å². The van der Waals surface area contributed by atoms with Gasteiger partial charge in [-0.05, 0) is 45.1 Å². The van der Waals surface area contributed by atoms with Crippen molar-refractivity contribution in [3.8, 4) is 0 Å². The molecule has 100 valence electrons. The number of fused-ring (bicyclic) bond motifs is 2. The van der Waals surface area contributed by atoms with Crippen LogP contribution in [0, 0.1) is 11.8 Å². The van der Waals surface area contributed by atoms with Crippen LogP contribution in [0.25, 0.3) is 0 Å². The molecule has 2 bridgehead atoms. The normalized spacial score (nSPS) is 29.3. The highest BCUT2D eigenvalue weighted by Crippen LogP contribution is 2.37. The molecule has 1 aromatic rings. The van der Waals surface area contributed by atoms with E-state index >= 15 is 0 Å². The molecule has 3 rings (SSSR count). The maximum atomic E-state index is 4.64. The molecule has 4 heteroatoms. The fourth-order valence-corrected chi connectivity index (χ4v) is 4.35. The number of anilines is 1. The fourth-order valence-electron chi connectivity index (χ4n) is 3.35. The lowest BCUT2D eigenvalue weighted by Crippen LogP contribution is -2.42.